The molecule has 0 aromatic rings. The maximum atomic E-state index is 5.56. The van der Waals surface area contributed by atoms with E-state index in [2.05, 4.69) is 29.4 Å². The summed E-state index contributed by atoms with van der Waals surface area (Å²) in [7, 11) is 0. The lowest BCUT2D eigenvalue weighted by Crippen LogP contribution is -2.11. The number of rotatable bonds is 9. The molecule has 0 amide bonds. The van der Waals surface area contributed by atoms with Gasteiger partial charge in [0.25, 0.3) is 0 Å². The molecule has 1 unspecified atom stereocenters. The van der Waals surface area contributed by atoms with Gasteiger partial charge in [-0.25, -0.2) is 0 Å². The van der Waals surface area contributed by atoms with Crippen LogP contribution in [0.1, 0.15) is 32.6 Å². The van der Waals surface area contributed by atoms with Crippen LogP contribution in [-0.4, -0.2) is 18.5 Å². The molecule has 2 heteroatoms. The minimum atomic E-state index is 0.689. The number of ether oxygens (including phenoxy) is 1. The Bertz CT molecular complexity index is 115. The van der Waals surface area contributed by atoms with Gasteiger partial charge in [0, 0.05) is 11.9 Å². The van der Waals surface area contributed by atoms with Gasteiger partial charge in [0.05, 0.1) is 6.61 Å². The van der Waals surface area contributed by atoms with Gasteiger partial charge in [0.1, 0.15) is 0 Å². The fourth-order valence-electron chi connectivity index (χ4n) is 1.19. The Morgan fingerprint density at radius 2 is 2.31 bits per heavy atom. The highest BCUT2D eigenvalue weighted by atomic mass is 79.9. The lowest BCUT2D eigenvalue weighted by Gasteiger charge is -2.12. The topological polar surface area (TPSA) is 9.23 Å². The highest BCUT2D eigenvalue weighted by Gasteiger charge is 2.04. The first-order valence-electron chi connectivity index (χ1n) is 5.09. The lowest BCUT2D eigenvalue weighted by molar-refractivity contribution is 0.102. The van der Waals surface area contributed by atoms with Crippen molar-refractivity contribution in [3.8, 4) is 0 Å². The Morgan fingerprint density at radius 1 is 1.54 bits per heavy atom. The molecule has 0 aliphatic heterocycles. The van der Waals surface area contributed by atoms with E-state index in [9.17, 15) is 0 Å². The van der Waals surface area contributed by atoms with E-state index < -0.39 is 0 Å². The van der Waals surface area contributed by atoms with E-state index in [1.165, 1.54) is 12.8 Å². The molecule has 0 N–H and O–H groups in total. The van der Waals surface area contributed by atoms with Gasteiger partial charge in [-0.2, -0.15) is 0 Å². The molecule has 0 aromatic heterocycles. The molecule has 0 aliphatic carbocycles. The summed E-state index contributed by atoms with van der Waals surface area (Å²) in [5.74, 6) is 0.689. The van der Waals surface area contributed by atoms with Crippen molar-refractivity contribution in [3.63, 3.8) is 0 Å². The van der Waals surface area contributed by atoms with Crippen molar-refractivity contribution in [1.82, 2.24) is 0 Å². The first kappa shape index (κ1) is 13.2. The number of halogens is 1. The number of alkyl halides is 1. The van der Waals surface area contributed by atoms with Crippen molar-refractivity contribution in [2.45, 2.75) is 32.6 Å². The second kappa shape index (κ2) is 10.3. The van der Waals surface area contributed by atoms with E-state index in [1.54, 1.807) is 0 Å². The van der Waals surface area contributed by atoms with Crippen LogP contribution in [0.15, 0.2) is 12.7 Å². The lowest BCUT2D eigenvalue weighted by atomic mass is 10.1. The molecule has 13 heavy (non-hydrogen) atoms. The third kappa shape index (κ3) is 8.51. The molecule has 1 nitrogen and oxygen atoms in total. The third-order valence-corrected chi connectivity index (χ3v) is 2.88. The normalized spacial score (nSPS) is 12.8. The van der Waals surface area contributed by atoms with Crippen molar-refractivity contribution in [2.24, 2.45) is 5.92 Å². The highest BCUT2D eigenvalue weighted by molar-refractivity contribution is 9.09. The van der Waals surface area contributed by atoms with Crippen molar-refractivity contribution in [3.05, 3.63) is 12.7 Å². The zero-order chi connectivity index (χ0) is 9.94. The first-order chi connectivity index (χ1) is 6.35. The quantitative estimate of drug-likeness (QED) is 0.343. The largest absolute Gasteiger partial charge is 0.381 e. The van der Waals surface area contributed by atoms with Crippen molar-refractivity contribution in [2.75, 3.05) is 18.5 Å². The smallest absolute Gasteiger partial charge is 0.0502 e. The Kier molecular flexibility index (Phi) is 10.4. The molecule has 1 atom stereocenters. The van der Waals surface area contributed by atoms with Gasteiger partial charge < -0.3 is 4.74 Å². The Morgan fingerprint density at radius 3 is 2.85 bits per heavy atom. The molecule has 0 aliphatic rings. The van der Waals surface area contributed by atoms with Crippen LogP contribution in [0.5, 0.6) is 0 Å². The van der Waals surface area contributed by atoms with Crippen molar-refractivity contribution < 1.29 is 4.74 Å². The molecular formula is C11H21BrO. The molecule has 0 bridgehead atoms. The summed E-state index contributed by atoms with van der Waals surface area (Å²) in [6.45, 7) is 7.66. The van der Waals surface area contributed by atoms with Crippen LogP contribution in [0.3, 0.4) is 0 Å². The van der Waals surface area contributed by atoms with Gasteiger partial charge >= 0.3 is 0 Å². The maximum Gasteiger partial charge on any atom is 0.0502 e. The minimum Gasteiger partial charge on any atom is -0.381 e. The molecule has 0 rings (SSSR count). The molecule has 0 heterocycles. The Balaban J connectivity index is 3.22. The van der Waals surface area contributed by atoms with Gasteiger partial charge in [0.15, 0.2) is 0 Å². The van der Waals surface area contributed by atoms with Crippen LogP contribution in [0.4, 0.5) is 0 Å². The molecule has 0 radical (unpaired) electrons. The highest BCUT2D eigenvalue weighted by Crippen LogP contribution is 2.10. The second-order valence-corrected chi connectivity index (χ2v) is 3.96. The summed E-state index contributed by atoms with van der Waals surface area (Å²) in [5, 5.41) is 1.06. The summed E-state index contributed by atoms with van der Waals surface area (Å²) < 4.78 is 5.56. The summed E-state index contributed by atoms with van der Waals surface area (Å²) in [5.41, 5.74) is 0. The number of hydrogen-bond donors (Lipinski definition) is 0. The van der Waals surface area contributed by atoms with Gasteiger partial charge in [-0.3, -0.25) is 0 Å². The van der Waals surface area contributed by atoms with E-state index in [-0.39, 0.29) is 0 Å². The van der Waals surface area contributed by atoms with Crippen LogP contribution in [-0.2, 0) is 4.74 Å². The van der Waals surface area contributed by atoms with E-state index in [0.29, 0.717) is 5.92 Å². The van der Waals surface area contributed by atoms with Crippen LogP contribution in [0, 0.1) is 5.92 Å². The van der Waals surface area contributed by atoms with E-state index in [4.69, 9.17) is 4.74 Å². The number of hydrogen-bond acceptors (Lipinski definition) is 1. The molecule has 0 saturated heterocycles. The molecule has 0 aromatic carbocycles. The predicted octanol–water partition coefficient (Wildman–Crippen LogP) is 3.78. The van der Waals surface area contributed by atoms with Crippen LogP contribution >= 0.6 is 15.9 Å². The van der Waals surface area contributed by atoms with Gasteiger partial charge in [-0.1, -0.05) is 35.4 Å². The van der Waals surface area contributed by atoms with Gasteiger partial charge in [-0.05, 0) is 25.2 Å². The summed E-state index contributed by atoms with van der Waals surface area (Å²) >= 11 is 3.50. The van der Waals surface area contributed by atoms with Crippen LogP contribution in [0.25, 0.3) is 0 Å². The third-order valence-electron chi connectivity index (χ3n) is 1.97. The Hall–Kier alpha value is 0.180. The summed E-state index contributed by atoms with van der Waals surface area (Å²) in [6.07, 6.45) is 6.60. The molecular weight excluding hydrogens is 228 g/mol. The summed E-state index contributed by atoms with van der Waals surface area (Å²) in [6, 6.07) is 0. The number of allylic oxidation sites excluding steroid dienone is 1. The van der Waals surface area contributed by atoms with Gasteiger partial charge in [-0.15, -0.1) is 6.58 Å². The van der Waals surface area contributed by atoms with Crippen molar-refractivity contribution >= 4 is 15.9 Å². The standard InChI is InChI=1S/C11H21BrO/c1-3-5-6-8-13-10-11(9-12)7-4-2/h3,11H,1,4-10H2,2H3. The average Bonchev–Trinajstić information content (AvgIpc) is 2.16. The minimum absolute atomic E-state index is 0.689. The van der Waals surface area contributed by atoms with E-state index in [1.807, 2.05) is 6.08 Å². The summed E-state index contributed by atoms with van der Waals surface area (Å²) in [4.78, 5) is 0. The SMILES string of the molecule is C=CCCCOCC(CBr)CCC. The van der Waals surface area contributed by atoms with Gasteiger partial charge in [0.2, 0.25) is 0 Å². The second-order valence-electron chi connectivity index (χ2n) is 3.31. The van der Waals surface area contributed by atoms with E-state index >= 15 is 0 Å². The fourth-order valence-corrected chi connectivity index (χ4v) is 1.70. The predicted molar refractivity (Wildman–Crippen MR) is 62.4 cm³/mol. The molecule has 0 saturated carbocycles. The monoisotopic (exact) mass is 248 g/mol. The molecule has 0 spiro atoms. The zero-order valence-electron chi connectivity index (χ0n) is 8.60. The Labute approximate surface area is 90.7 Å². The number of unbranched alkanes of at least 4 members (excludes halogenated alkanes) is 1. The fraction of sp³-hybridized carbons (Fsp3) is 0.818. The van der Waals surface area contributed by atoms with Crippen LogP contribution < -0.4 is 0 Å². The first-order valence-corrected chi connectivity index (χ1v) is 6.21. The molecule has 0 fully saturated rings. The van der Waals surface area contributed by atoms with E-state index in [0.717, 1.165) is 31.4 Å². The zero-order valence-corrected chi connectivity index (χ0v) is 10.2. The van der Waals surface area contributed by atoms with Crippen molar-refractivity contribution in [1.29, 1.82) is 0 Å². The molecule has 78 valence electrons. The average molecular weight is 249 g/mol. The van der Waals surface area contributed by atoms with Crippen LogP contribution in [0.2, 0.25) is 0 Å². The maximum absolute atomic E-state index is 5.56.